The highest BCUT2D eigenvalue weighted by atomic mass is 16.5. The van der Waals surface area contributed by atoms with E-state index < -0.39 is 0 Å². The highest BCUT2D eigenvalue weighted by molar-refractivity contribution is 5.29. The summed E-state index contributed by atoms with van der Waals surface area (Å²) in [6, 6.07) is 1.86. The Labute approximate surface area is 108 Å². The van der Waals surface area contributed by atoms with E-state index in [1.165, 1.54) is 12.8 Å². The molecule has 1 aromatic rings. The minimum Gasteiger partial charge on any atom is -0.377 e. The maximum atomic E-state index is 5.69. The van der Waals surface area contributed by atoms with E-state index in [1.807, 2.05) is 6.07 Å². The Morgan fingerprint density at radius 2 is 1.94 bits per heavy atom. The Bertz CT molecular complexity index is 359. The van der Waals surface area contributed by atoms with Crippen LogP contribution in [0.4, 0.5) is 5.95 Å². The second kappa shape index (κ2) is 5.63. The van der Waals surface area contributed by atoms with Crippen LogP contribution in [0.25, 0.3) is 0 Å². The van der Waals surface area contributed by atoms with Gasteiger partial charge in [-0.15, -0.1) is 0 Å². The molecule has 1 aromatic heterocycles. The van der Waals surface area contributed by atoms with E-state index in [4.69, 9.17) is 4.74 Å². The Kier molecular flexibility index (Phi) is 3.71. The molecular weight excluding hydrogens is 228 g/mol. The van der Waals surface area contributed by atoms with Crippen molar-refractivity contribution < 1.29 is 4.74 Å². The lowest BCUT2D eigenvalue weighted by Gasteiger charge is -2.35. The number of hydrogen-bond acceptors (Lipinski definition) is 5. The van der Waals surface area contributed by atoms with E-state index in [0.717, 1.165) is 45.3 Å². The summed E-state index contributed by atoms with van der Waals surface area (Å²) < 4.78 is 5.69. The van der Waals surface area contributed by atoms with Crippen LogP contribution < -0.4 is 4.90 Å². The number of ether oxygens (including phenoxy) is 1. The normalized spacial score (nSPS) is 25.6. The van der Waals surface area contributed by atoms with Crippen LogP contribution in [0.2, 0.25) is 0 Å². The van der Waals surface area contributed by atoms with Crippen molar-refractivity contribution in [3.63, 3.8) is 0 Å². The lowest BCUT2D eigenvalue weighted by Crippen LogP contribution is -2.49. The van der Waals surface area contributed by atoms with Crippen LogP contribution in [0, 0.1) is 0 Å². The molecule has 2 aliphatic heterocycles. The maximum Gasteiger partial charge on any atom is 0.225 e. The highest BCUT2D eigenvalue weighted by Crippen LogP contribution is 2.15. The third kappa shape index (κ3) is 2.79. The van der Waals surface area contributed by atoms with E-state index >= 15 is 0 Å². The summed E-state index contributed by atoms with van der Waals surface area (Å²) in [6.07, 6.45) is 6.52. The van der Waals surface area contributed by atoms with Gasteiger partial charge >= 0.3 is 0 Å². The number of piperazine rings is 1. The van der Waals surface area contributed by atoms with Crippen molar-refractivity contribution >= 4 is 5.95 Å². The molecule has 0 spiro atoms. The third-order valence-electron chi connectivity index (χ3n) is 3.69. The molecule has 0 aliphatic carbocycles. The molecular formula is C13H20N4O. The summed E-state index contributed by atoms with van der Waals surface area (Å²) in [6.45, 7) is 6.22. The van der Waals surface area contributed by atoms with Crippen LogP contribution in [-0.2, 0) is 4.74 Å². The molecule has 0 saturated carbocycles. The highest BCUT2D eigenvalue weighted by Gasteiger charge is 2.23. The Morgan fingerprint density at radius 1 is 1.17 bits per heavy atom. The second-order valence-electron chi connectivity index (χ2n) is 4.97. The summed E-state index contributed by atoms with van der Waals surface area (Å²) in [5, 5.41) is 0. The van der Waals surface area contributed by atoms with Crippen molar-refractivity contribution in [2.24, 2.45) is 0 Å². The van der Waals surface area contributed by atoms with Gasteiger partial charge in [-0.3, -0.25) is 4.90 Å². The van der Waals surface area contributed by atoms with E-state index in [-0.39, 0.29) is 0 Å². The lowest BCUT2D eigenvalue weighted by atomic mass is 10.2. The van der Waals surface area contributed by atoms with Gasteiger partial charge in [0.25, 0.3) is 0 Å². The fraction of sp³-hybridized carbons (Fsp3) is 0.692. The first-order valence-corrected chi connectivity index (χ1v) is 6.78. The van der Waals surface area contributed by atoms with Crippen molar-refractivity contribution in [1.82, 2.24) is 14.9 Å². The van der Waals surface area contributed by atoms with Crippen LogP contribution in [0.15, 0.2) is 18.5 Å². The predicted octanol–water partition coefficient (Wildman–Crippen LogP) is 0.778. The van der Waals surface area contributed by atoms with Gasteiger partial charge in [0.2, 0.25) is 5.95 Å². The van der Waals surface area contributed by atoms with Crippen molar-refractivity contribution in [3.8, 4) is 0 Å². The van der Waals surface area contributed by atoms with Crippen molar-refractivity contribution in [3.05, 3.63) is 18.5 Å². The van der Waals surface area contributed by atoms with Gasteiger partial charge in [0.05, 0.1) is 6.10 Å². The van der Waals surface area contributed by atoms with Crippen molar-refractivity contribution in [2.45, 2.75) is 18.9 Å². The quantitative estimate of drug-likeness (QED) is 0.790. The fourth-order valence-electron chi connectivity index (χ4n) is 2.66. The molecule has 2 aliphatic rings. The maximum absolute atomic E-state index is 5.69. The number of anilines is 1. The molecule has 2 fully saturated rings. The van der Waals surface area contributed by atoms with Gasteiger partial charge < -0.3 is 9.64 Å². The summed E-state index contributed by atoms with van der Waals surface area (Å²) in [5.74, 6) is 0.856. The predicted molar refractivity (Wildman–Crippen MR) is 69.7 cm³/mol. The number of hydrogen-bond donors (Lipinski definition) is 0. The number of rotatable bonds is 3. The molecule has 0 aromatic carbocycles. The largest absolute Gasteiger partial charge is 0.377 e. The monoisotopic (exact) mass is 248 g/mol. The zero-order chi connectivity index (χ0) is 12.2. The Morgan fingerprint density at radius 3 is 2.61 bits per heavy atom. The van der Waals surface area contributed by atoms with Gasteiger partial charge in [-0.25, -0.2) is 9.97 Å². The standard InChI is InChI=1S/C13H20N4O/c1-3-12(18-10-1)11-16-6-8-17(9-7-16)13-14-4-2-5-15-13/h2,4-5,12H,1,3,6-11H2/t12-/m1/s1. The molecule has 3 rings (SSSR count). The molecule has 5 heteroatoms. The summed E-state index contributed by atoms with van der Waals surface area (Å²) in [5.41, 5.74) is 0. The number of nitrogens with zero attached hydrogens (tertiary/aromatic N) is 4. The van der Waals surface area contributed by atoms with Crippen molar-refractivity contribution in [2.75, 3.05) is 44.2 Å². The molecule has 3 heterocycles. The van der Waals surface area contributed by atoms with Gasteiger partial charge in [0.15, 0.2) is 0 Å². The molecule has 18 heavy (non-hydrogen) atoms. The molecule has 0 amide bonds. The summed E-state index contributed by atoms with van der Waals surface area (Å²) in [4.78, 5) is 13.4. The average molecular weight is 248 g/mol. The van der Waals surface area contributed by atoms with Crippen molar-refractivity contribution in [1.29, 1.82) is 0 Å². The van der Waals surface area contributed by atoms with Gasteiger partial charge in [0, 0.05) is 51.7 Å². The topological polar surface area (TPSA) is 41.5 Å². The average Bonchev–Trinajstić information content (AvgIpc) is 2.94. The molecule has 5 nitrogen and oxygen atoms in total. The first kappa shape index (κ1) is 11.9. The fourth-order valence-corrected chi connectivity index (χ4v) is 2.66. The first-order valence-electron chi connectivity index (χ1n) is 6.78. The molecule has 2 saturated heterocycles. The number of aromatic nitrogens is 2. The first-order chi connectivity index (χ1) is 8.92. The van der Waals surface area contributed by atoms with Gasteiger partial charge in [-0.05, 0) is 18.9 Å². The van der Waals surface area contributed by atoms with Crippen LogP contribution in [-0.4, -0.2) is 60.3 Å². The zero-order valence-electron chi connectivity index (χ0n) is 10.7. The summed E-state index contributed by atoms with van der Waals surface area (Å²) in [7, 11) is 0. The van der Waals surface area contributed by atoms with Crippen LogP contribution in [0.3, 0.4) is 0 Å². The van der Waals surface area contributed by atoms with Gasteiger partial charge in [0.1, 0.15) is 0 Å². The SMILES string of the molecule is c1cnc(N2CCN(C[C@H]3CCCO3)CC2)nc1. The van der Waals surface area contributed by atoms with Crippen LogP contribution in [0.1, 0.15) is 12.8 Å². The van der Waals surface area contributed by atoms with Crippen LogP contribution in [0.5, 0.6) is 0 Å². The van der Waals surface area contributed by atoms with Crippen LogP contribution >= 0.6 is 0 Å². The van der Waals surface area contributed by atoms with E-state index in [9.17, 15) is 0 Å². The zero-order valence-corrected chi connectivity index (χ0v) is 10.7. The Balaban J connectivity index is 1.49. The van der Waals surface area contributed by atoms with E-state index in [0.29, 0.717) is 6.10 Å². The molecule has 0 unspecified atom stereocenters. The van der Waals surface area contributed by atoms with E-state index in [1.54, 1.807) is 12.4 Å². The minimum absolute atomic E-state index is 0.463. The smallest absolute Gasteiger partial charge is 0.225 e. The molecule has 0 bridgehead atoms. The lowest BCUT2D eigenvalue weighted by molar-refractivity contribution is 0.0712. The molecule has 98 valence electrons. The van der Waals surface area contributed by atoms with E-state index in [2.05, 4.69) is 19.8 Å². The summed E-state index contributed by atoms with van der Waals surface area (Å²) >= 11 is 0. The van der Waals surface area contributed by atoms with Gasteiger partial charge in [-0.1, -0.05) is 0 Å². The molecule has 0 radical (unpaired) electrons. The Hall–Kier alpha value is -1.20. The molecule has 1 atom stereocenters. The third-order valence-corrected chi connectivity index (χ3v) is 3.69. The second-order valence-corrected chi connectivity index (χ2v) is 4.97. The van der Waals surface area contributed by atoms with Gasteiger partial charge in [-0.2, -0.15) is 0 Å². The molecule has 0 N–H and O–H groups in total. The minimum atomic E-state index is 0.463.